The summed E-state index contributed by atoms with van der Waals surface area (Å²) in [4.78, 5) is 20.3. The molecular weight excluding hydrogens is 509 g/mol. The van der Waals surface area contributed by atoms with E-state index in [0.717, 1.165) is 38.8 Å². The van der Waals surface area contributed by atoms with Gasteiger partial charge in [0.1, 0.15) is 0 Å². The normalized spacial score (nSPS) is 18.7. The highest BCUT2D eigenvalue weighted by Gasteiger charge is 2.34. The molecule has 196 valence electrons. The maximum atomic E-state index is 12.5. The van der Waals surface area contributed by atoms with E-state index in [0.29, 0.717) is 40.5 Å². The molecule has 0 bridgehead atoms. The van der Waals surface area contributed by atoms with Crippen LogP contribution in [0.4, 0.5) is 0 Å². The molecule has 0 aliphatic carbocycles. The third-order valence-corrected chi connectivity index (χ3v) is 8.80. The van der Waals surface area contributed by atoms with Crippen LogP contribution in [0.2, 0.25) is 10.0 Å². The van der Waals surface area contributed by atoms with E-state index >= 15 is 0 Å². The van der Waals surface area contributed by atoms with Crippen molar-refractivity contribution in [2.75, 3.05) is 32.8 Å². The van der Waals surface area contributed by atoms with Crippen molar-refractivity contribution in [3.8, 4) is 0 Å². The van der Waals surface area contributed by atoms with Crippen LogP contribution in [0.3, 0.4) is 0 Å². The van der Waals surface area contributed by atoms with Crippen molar-refractivity contribution in [1.82, 2.24) is 20.1 Å². The lowest BCUT2D eigenvalue weighted by molar-refractivity contribution is 0.0413. The molecular formula is C28H33Cl2N5O2. The molecule has 5 rings (SSSR count). The van der Waals surface area contributed by atoms with Gasteiger partial charge >= 0.3 is 0 Å². The minimum absolute atomic E-state index is 0.0922. The van der Waals surface area contributed by atoms with Crippen LogP contribution >= 0.6 is 23.2 Å². The smallest absolute Gasteiger partial charge is 0.258 e. The summed E-state index contributed by atoms with van der Waals surface area (Å²) in [5.74, 6) is 0.615. The van der Waals surface area contributed by atoms with Gasteiger partial charge in [-0.25, -0.2) is 0 Å². The number of hydrogen-bond donors (Lipinski definition) is 4. The first kappa shape index (κ1) is 26.0. The molecule has 7 nitrogen and oxygen atoms in total. The number of fused-ring (bicyclic) bond motifs is 1. The molecule has 0 spiro atoms. The van der Waals surface area contributed by atoms with Gasteiger partial charge in [-0.2, -0.15) is 0 Å². The molecule has 3 aromatic rings. The van der Waals surface area contributed by atoms with E-state index in [2.05, 4.69) is 45.7 Å². The molecule has 4 N–H and O–H groups in total. The number of carbonyl (C=O) groups is 1. The Morgan fingerprint density at radius 3 is 2.49 bits per heavy atom. The van der Waals surface area contributed by atoms with Crippen molar-refractivity contribution in [1.29, 1.82) is 5.41 Å². The average molecular weight is 543 g/mol. The van der Waals surface area contributed by atoms with E-state index in [4.69, 9.17) is 28.6 Å². The summed E-state index contributed by atoms with van der Waals surface area (Å²) in [6, 6.07) is 13.3. The first-order valence-corrected chi connectivity index (χ1v) is 13.7. The van der Waals surface area contributed by atoms with Crippen LogP contribution in [-0.4, -0.2) is 70.6 Å². The molecule has 0 saturated carbocycles. The molecule has 1 unspecified atom stereocenters. The number of aliphatic hydroxyl groups excluding tert-OH is 1. The van der Waals surface area contributed by atoms with Crippen molar-refractivity contribution < 1.29 is 9.90 Å². The van der Waals surface area contributed by atoms with Crippen molar-refractivity contribution in [2.24, 2.45) is 5.92 Å². The number of para-hydroxylation sites is 1. The number of guanidine groups is 1. The van der Waals surface area contributed by atoms with Gasteiger partial charge in [-0.05, 0) is 80.4 Å². The highest BCUT2D eigenvalue weighted by Crippen LogP contribution is 2.35. The molecule has 1 amide bonds. The standard InChI is InChI=1S/C28H33Cl2N5O2/c29-23-6-5-20(15-24(23)30)27(37)33-28(31)35-13-9-19(10-14-35)26(17-36)34-11-7-18(8-12-34)22-16-32-25-4-2-1-3-21(22)25/h1-6,15-16,18-19,26,32,36H,7-14,17H2,(H2,31,33,37). The van der Waals surface area contributed by atoms with Crippen molar-refractivity contribution >= 4 is 46.0 Å². The lowest BCUT2D eigenvalue weighted by Gasteiger charge is -2.43. The molecule has 3 heterocycles. The summed E-state index contributed by atoms with van der Waals surface area (Å²) in [5, 5.41) is 23.4. The Hall–Kier alpha value is -2.58. The lowest BCUT2D eigenvalue weighted by atomic mass is 9.85. The lowest BCUT2D eigenvalue weighted by Crippen LogP contribution is -2.52. The second-order valence-electron chi connectivity index (χ2n) is 10.1. The van der Waals surface area contributed by atoms with Crippen molar-refractivity contribution in [3.63, 3.8) is 0 Å². The van der Waals surface area contributed by atoms with Gasteiger partial charge in [0.15, 0.2) is 5.96 Å². The predicted molar refractivity (Wildman–Crippen MR) is 149 cm³/mol. The average Bonchev–Trinajstić information content (AvgIpc) is 3.35. The SMILES string of the molecule is N=C(NC(=O)c1ccc(Cl)c(Cl)c1)N1CCC(C(CO)N2CCC(c3c[nH]c4ccccc34)CC2)CC1. The first-order chi connectivity index (χ1) is 17.9. The fourth-order valence-electron chi connectivity index (χ4n) is 5.94. The number of rotatable bonds is 5. The number of carbonyl (C=O) groups excluding carboxylic acids is 1. The fraction of sp³-hybridized carbons (Fsp3) is 0.429. The van der Waals surface area contributed by atoms with Crippen molar-refractivity contribution in [2.45, 2.75) is 37.6 Å². The number of H-pyrrole nitrogens is 1. The number of benzene rings is 2. The van der Waals surface area contributed by atoms with E-state index in [1.165, 1.54) is 22.5 Å². The Bertz CT molecular complexity index is 1260. The van der Waals surface area contributed by atoms with Crippen LogP contribution in [0.1, 0.15) is 47.5 Å². The zero-order valence-electron chi connectivity index (χ0n) is 20.7. The largest absolute Gasteiger partial charge is 0.395 e. The molecule has 2 fully saturated rings. The number of halogens is 2. The zero-order chi connectivity index (χ0) is 25.9. The molecule has 2 aliphatic heterocycles. The third-order valence-electron chi connectivity index (χ3n) is 8.06. The maximum absolute atomic E-state index is 12.5. The Morgan fingerprint density at radius 2 is 1.78 bits per heavy atom. The van der Waals surface area contributed by atoms with Crippen LogP contribution < -0.4 is 5.32 Å². The highest BCUT2D eigenvalue weighted by atomic mass is 35.5. The van der Waals surface area contributed by atoms with E-state index in [1.807, 2.05) is 4.90 Å². The number of nitrogens with one attached hydrogen (secondary N) is 3. The van der Waals surface area contributed by atoms with Crippen molar-refractivity contribution in [3.05, 3.63) is 69.8 Å². The highest BCUT2D eigenvalue weighted by molar-refractivity contribution is 6.42. The van der Waals surface area contributed by atoms with Gasteiger partial charge in [0, 0.05) is 41.8 Å². The molecule has 2 saturated heterocycles. The molecule has 2 aliphatic rings. The summed E-state index contributed by atoms with van der Waals surface area (Å²) in [6.07, 6.45) is 6.09. The van der Waals surface area contributed by atoms with E-state index in [-0.39, 0.29) is 24.5 Å². The van der Waals surface area contributed by atoms with Crippen LogP contribution in [0.25, 0.3) is 10.9 Å². The maximum Gasteiger partial charge on any atom is 0.258 e. The summed E-state index contributed by atoms with van der Waals surface area (Å²) >= 11 is 12.0. The summed E-state index contributed by atoms with van der Waals surface area (Å²) in [7, 11) is 0. The second kappa shape index (κ2) is 11.4. The number of piperidine rings is 2. The monoisotopic (exact) mass is 541 g/mol. The Morgan fingerprint density at radius 1 is 1.05 bits per heavy atom. The Labute approximate surface area is 227 Å². The third kappa shape index (κ3) is 5.65. The summed E-state index contributed by atoms with van der Waals surface area (Å²) < 4.78 is 0. The topological polar surface area (TPSA) is 95.4 Å². The number of hydrogen-bond acceptors (Lipinski definition) is 4. The zero-order valence-corrected chi connectivity index (χ0v) is 22.2. The van der Waals surface area contributed by atoms with Crippen LogP contribution in [-0.2, 0) is 0 Å². The molecule has 0 radical (unpaired) electrons. The van der Waals surface area contributed by atoms with Gasteiger partial charge in [-0.3, -0.25) is 20.4 Å². The Balaban J connectivity index is 1.12. The van der Waals surface area contributed by atoms with Gasteiger partial charge in [0.2, 0.25) is 0 Å². The van der Waals surface area contributed by atoms with E-state index in [1.54, 1.807) is 12.1 Å². The van der Waals surface area contributed by atoms with Crippen LogP contribution in [0, 0.1) is 11.3 Å². The number of aromatic nitrogens is 1. The Kier molecular flexibility index (Phi) is 8.05. The second-order valence-corrected chi connectivity index (χ2v) is 10.9. The van der Waals surface area contributed by atoms with Gasteiger partial charge in [0.25, 0.3) is 5.91 Å². The van der Waals surface area contributed by atoms with E-state index < -0.39 is 0 Å². The van der Waals surface area contributed by atoms with Gasteiger partial charge < -0.3 is 15.0 Å². The molecule has 1 aromatic heterocycles. The van der Waals surface area contributed by atoms with Gasteiger partial charge in [0.05, 0.1) is 16.7 Å². The van der Waals surface area contributed by atoms with Crippen LogP contribution in [0.15, 0.2) is 48.7 Å². The van der Waals surface area contributed by atoms with Gasteiger partial charge in [-0.1, -0.05) is 41.4 Å². The minimum Gasteiger partial charge on any atom is -0.395 e. The number of amides is 1. The summed E-state index contributed by atoms with van der Waals surface area (Å²) in [6.45, 7) is 3.45. The molecule has 37 heavy (non-hydrogen) atoms. The molecule has 9 heteroatoms. The predicted octanol–water partition coefficient (Wildman–Crippen LogP) is 5.09. The van der Waals surface area contributed by atoms with E-state index in [9.17, 15) is 9.90 Å². The van der Waals surface area contributed by atoms with Gasteiger partial charge in [-0.15, -0.1) is 0 Å². The number of aliphatic hydroxyl groups is 1. The number of aromatic amines is 1. The molecule has 2 aromatic carbocycles. The fourth-order valence-corrected chi connectivity index (χ4v) is 6.24. The quantitative estimate of drug-likeness (QED) is 0.267. The minimum atomic E-state index is -0.378. The summed E-state index contributed by atoms with van der Waals surface area (Å²) in [5.41, 5.74) is 2.97. The number of nitrogens with zero attached hydrogens (tertiary/aromatic N) is 2. The molecule has 1 atom stereocenters. The first-order valence-electron chi connectivity index (χ1n) is 13.0. The number of likely N-dealkylation sites (tertiary alicyclic amines) is 2. The van der Waals surface area contributed by atoms with Crippen LogP contribution in [0.5, 0.6) is 0 Å².